The van der Waals surface area contributed by atoms with Gasteiger partial charge >= 0.3 is 0 Å². The average Bonchev–Trinajstić information content (AvgIpc) is 1.82. The van der Waals surface area contributed by atoms with Crippen molar-refractivity contribution in [3.05, 3.63) is 10.1 Å². The van der Waals surface area contributed by atoms with Gasteiger partial charge in [0.15, 0.2) is 0 Å². The molecule has 0 aromatic rings. The minimum absolute atomic E-state index is 0.0957. The molecule has 5 nitrogen and oxygen atoms in total. The normalized spacial score (nSPS) is 11.1. The van der Waals surface area contributed by atoms with Crippen LogP contribution in [0.3, 0.4) is 0 Å². The van der Waals surface area contributed by atoms with E-state index in [-0.39, 0.29) is 5.90 Å². The van der Waals surface area contributed by atoms with E-state index in [0.29, 0.717) is 0 Å². The summed E-state index contributed by atoms with van der Waals surface area (Å²) in [6, 6.07) is 0. The lowest BCUT2D eigenvalue weighted by atomic mass is 10.7. The van der Waals surface area contributed by atoms with Crippen molar-refractivity contribution < 1.29 is 9.66 Å². The molecule has 0 amide bonds. The lowest BCUT2D eigenvalue weighted by Gasteiger charge is -1.93. The van der Waals surface area contributed by atoms with E-state index in [1.165, 1.54) is 7.11 Å². The Morgan fingerprint density at radius 3 is 2.67 bits per heavy atom. The molecular weight excluding hydrogens is 147 g/mol. The highest BCUT2D eigenvalue weighted by atomic mass is 35.5. The maximum absolute atomic E-state index is 9.71. The predicted molar refractivity (Wildman–Crippen MR) is 32.2 cm³/mol. The Kier molecular flexibility index (Phi) is 3.70. The summed E-state index contributed by atoms with van der Waals surface area (Å²) in [5.74, 6) is -0.0957. The highest BCUT2D eigenvalue weighted by Crippen LogP contribution is 1.84. The molecule has 0 heterocycles. The van der Waals surface area contributed by atoms with Crippen LogP contribution in [0.15, 0.2) is 4.51 Å². The lowest BCUT2D eigenvalue weighted by Crippen LogP contribution is -2.14. The first-order valence-electron chi connectivity index (χ1n) is 2.04. The Morgan fingerprint density at radius 2 is 2.56 bits per heavy atom. The number of rotatable bonds is 2. The molecule has 0 aliphatic carbocycles. The summed E-state index contributed by atoms with van der Waals surface area (Å²) in [4.78, 5) is 9.13. The zero-order valence-corrected chi connectivity index (χ0v) is 5.46. The fourth-order valence-electron chi connectivity index (χ4n) is 0.236. The first-order chi connectivity index (χ1) is 4.20. The predicted octanol–water partition coefficient (Wildman–Crippen LogP) is 0.462. The Morgan fingerprint density at radius 1 is 2.00 bits per heavy atom. The summed E-state index contributed by atoms with van der Waals surface area (Å²) < 4.78 is 7.36. The fraction of sp³-hybridized carbons (Fsp3) is 0.667. The number of hydrogen-bond donors (Lipinski definition) is 0. The van der Waals surface area contributed by atoms with Crippen molar-refractivity contribution in [3.8, 4) is 0 Å². The largest absolute Gasteiger partial charge is 0.479 e. The third-order valence-corrected chi connectivity index (χ3v) is 0.783. The van der Waals surface area contributed by atoms with Crippen molar-refractivity contribution in [3.63, 3.8) is 0 Å². The highest BCUT2D eigenvalue weighted by molar-refractivity contribution is 6.19. The minimum atomic E-state index is -0.579. The smallest absolute Gasteiger partial charge is 0.279 e. The van der Waals surface area contributed by atoms with E-state index in [9.17, 15) is 10.1 Å². The van der Waals surface area contributed by atoms with E-state index in [1.807, 2.05) is 0 Å². The molecule has 0 unspecified atom stereocenters. The SMILES string of the molecule is CO/C(C[N+](=O)[O-])=N\Cl. The fourth-order valence-corrected chi connectivity index (χ4v) is 0.359. The maximum atomic E-state index is 9.71. The van der Waals surface area contributed by atoms with Crippen molar-refractivity contribution in [2.24, 2.45) is 4.51 Å². The van der Waals surface area contributed by atoms with Crippen molar-refractivity contribution in [2.45, 2.75) is 0 Å². The molecule has 0 saturated carbocycles. The van der Waals surface area contributed by atoms with Gasteiger partial charge in [-0.2, -0.15) is 0 Å². The van der Waals surface area contributed by atoms with Gasteiger partial charge in [0.2, 0.25) is 0 Å². The maximum Gasteiger partial charge on any atom is 0.279 e. The van der Waals surface area contributed by atoms with Crippen LogP contribution in [-0.4, -0.2) is 24.5 Å². The van der Waals surface area contributed by atoms with E-state index in [4.69, 9.17) is 11.8 Å². The number of halogens is 1. The van der Waals surface area contributed by atoms with Gasteiger partial charge in [0.1, 0.15) is 0 Å². The van der Waals surface area contributed by atoms with Gasteiger partial charge in [0.05, 0.1) is 7.11 Å². The van der Waals surface area contributed by atoms with Crippen molar-refractivity contribution in [1.82, 2.24) is 0 Å². The van der Waals surface area contributed by atoms with Gasteiger partial charge in [0, 0.05) is 16.7 Å². The molecule has 0 atom stereocenters. The molecule has 0 spiro atoms. The zero-order chi connectivity index (χ0) is 7.28. The molecule has 0 aliphatic rings. The van der Waals surface area contributed by atoms with Crippen LogP contribution in [0.1, 0.15) is 0 Å². The van der Waals surface area contributed by atoms with Crippen LogP contribution < -0.4 is 0 Å². The average molecular weight is 153 g/mol. The number of methoxy groups -OCH3 is 1. The summed E-state index contributed by atoms with van der Waals surface area (Å²) >= 11 is 4.87. The quantitative estimate of drug-likeness (QED) is 0.250. The standard InChI is InChI=1S/C3H5ClN2O3/c1-9-3(5-4)2-6(7)8/h2H2,1H3/b5-3-. The molecule has 9 heavy (non-hydrogen) atoms. The molecular formula is C3H5ClN2O3. The Bertz CT molecular complexity index is 135. The van der Waals surface area contributed by atoms with Crippen LogP contribution in [0, 0.1) is 10.1 Å². The van der Waals surface area contributed by atoms with Gasteiger partial charge in [-0.15, -0.1) is 4.51 Å². The number of ether oxygens (including phenoxy) is 1. The monoisotopic (exact) mass is 152 g/mol. The number of nitro groups is 1. The van der Waals surface area contributed by atoms with Gasteiger partial charge in [-0.05, 0) is 0 Å². The van der Waals surface area contributed by atoms with Crippen LogP contribution in [0.25, 0.3) is 0 Å². The van der Waals surface area contributed by atoms with E-state index >= 15 is 0 Å². The van der Waals surface area contributed by atoms with Crippen LogP contribution in [-0.2, 0) is 4.74 Å². The molecule has 0 rings (SSSR count). The van der Waals surface area contributed by atoms with Gasteiger partial charge in [0.25, 0.3) is 12.4 Å². The summed E-state index contributed by atoms with van der Waals surface area (Å²) in [7, 11) is 1.27. The molecule has 0 radical (unpaired) electrons. The lowest BCUT2D eigenvalue weighted by molar-refractivity contribution is -0.465. The van der Waals surface area contributed by atoms with Crippen LogP contribution in [0.2, 0.25) is 0 Å². The molecule has 0 fully saturated rings. The van der Waals surface area contributed by atoms with E-state index in [0.717, 1.165) is 0 Å². The molecule has 0 aliphatic heterocycles. The van der Waals surface area contributed by atoms with Crippen molar-refractivity contribution in [2.75, 3.05) is 13.7 Å². The third-order valence-electron chi connectivity index (χ3n) is 0.594. The number of nitrogens with zero attached hydrogens (tertiary/aromatic N) is 2. The van der Waals surface area contributed by atoms with E-state index in [1.54, 1.807) is 0 Å². The molecule has 0 aromatic carbocycles. The second-order valence-corrected chi connectivity index (χ2v) is 1.34. The molecule has 0 N–H and O–H groups in total. The van der Waals surface area contributed by atoms with Crippen LogP contribution in [0.5, 0.6) is 0 Å². The second kappa shape index (κ2) is 4.08. The molecule has 6 heteroatoms. The van der Waals surface area contributed by atoms with Gasteiger partial charge < -0.3 is 4.74 Å². The molecule has 0 aromatic heterocycles. The summed E-state index contributed by atoms with van der Waals surface area (Å²) in [6.07, 6.45) is 0. The van der Waals surface area contributed by atoms with E-state index < -0.39 is 11.5 Å². The number of hydrogen-bond acceptors (Lipinski definition) is 4. The Balaban J connectivity index is 3.71. The van der Waals surface area contributed by atoms with Crippen LogP contribution in [0.4, 0.5) is 0 Å². The van der Waals surface area contributed by atoms with Gasteiger partial charge in [-0.25, -0.2) is 0 Å². The highest BCUT2D eigenvalue weighted by Gasteiger charge is 2.05. The summed E-state index contributed by atoms with van der Waals surface area (Å²) in [6.45, 7) is -0.472. The van der Waals surface area contributed by atoms with E-state index in [2.05, 4.69) is 9.25 Å². The first-order valence-corrected chi connectivity index (χ1v) is 2.38. The van der Waals surface area contributed by atoms with Gasteiger partial charge in [-0.3, -0.25) is 10.1 Å². The third kappa shape index (κ3) is 3.72. The van der Waals surface area contributed by atoms with Crippen molar-refractivity contribution in [1.29, 1.82) is 0 Å². The second-order valence-electron chi connectivity index (χ2n) is 1.17. The topological polar surface area (TPSA) is 64.7 Å². The molecule has 0 saturated heterocycles. The van der Waals surface area contributed by atoms with Crippen molar-refractivity contribution >= 4 is 17.7 Å². The minimum Gasteiger partial charge on any atom is -0.479 e. The zero-order valence-electron chi connectivity index (χ0n) is 4.70. The van der Waals surface area contributed by atoms with Gasteiger partial charge in [-0.1, -0.05) is 0 Å². The first kappa shape index (κ1) is 8.16. The molecule has 52 valence electrons. The Labute approximate surface area is 56.5 Å². The molecule has 0 bridgehead atoms. The van der Waals surface area contributed by atoms with Crippen LogP contribution >= 0.6 is 11.8 Å². The summed E-state index contributed by atoms with van der Waals surface area (Å²) in [5, 5.41) is 9.71. The summed E-state index contributed by atoms with van der Waals surface area (Å²) in [5.41, 5.74) is 0. The Hall–Kier alpha value is -0.840.